The van der Waals surface area contributed by atoms with E-state index in [2.05, 4.69) is 14.6 Å². The number of ether oxygens (including phenoxy) is 1. The third-order valence-corrected chi connectivity index (χ3v) is 6.11. The summed E-state index contributed by atoms with van der Waals surface area (Å²) in [6, 6.07) is 5.93. The molecule has 0 saturated carbocycles. The second-order valence-electron chi connectivity index (χ2n) is 5.27. The highest BCUT2D eigenvalue weighted by molar-refractivity contribution is 7.92. The summed E-state index contributed by atoms with van der Waals surface area (Å²) in [6.07, 6.45) is 0. The number of hydrogen-bond acceptors (Lipinski definition) is 7. The van der Waals surface area contributed by atoms with E-state index in [1.54, 1.807) is 19.9 Å². The Labute approximate surface area is 146 Å². The number of nitrogens with zero attached hydrogens (tertiary/aromatic N) is 1. The maximum Gasteiger partial charge on any atom is 0.240 e. The monoisotopic (exact) mass is 389 g/mol. The Hall–Kier alpha value is -2.11. The van der Waals surface area contributed by atoms with Gasteiger partial charge < -0.3 is 9.26 Å². The van der Waals surface area contributed by atoms with Gasteiger partial charge in [-0.2, -0.15) is 0 Å². The van der Waals surface area contributed by atoms with Gasteiger partial charge in [0.2, 0.25) is 20.0 Å². The van der Waals surface area contributed by atoms with Gasteiger partial charge in [-0.05, 0) is 37.6 Å². The minimum absolute atomic E-state index is 0.0476. The van der Waals surface area contributed by atoms with E-state index in [4.69, 9.17) is 9.26 Å². The van der Waals surface area contributed by atoms with Gasteiger partial charge in [-0.3, -0.25) is 4.72 Å². The highest BCUT2D eigenvalue weighted by Gasteiger charge is 2.19. The van der Waals surface area contributed by atoms with Gasteiger partial charge in [-0.1, -0.05) is 5.16 Å². The number of rotatable bonds is 8. The summed E-state index contributed by atoms with van der Waals surface area (Å²) in [7, 11) is -6.12. The molecule has 25 heavy (non-hydrogen) atoms. The summed E-state index contributed by atoms with van der Waals surface area (Å²) in [5.74, 6) is 0.582. The van der Waals surface area contributed by atoms with E-state index in [0.29, 0.717) is 17.1 Å². The Morgan fingerprint density at radius 1 is 1.16 bits per heavy atom. The van der Waals surface area contributed by atoms with E-state index in [9.17, 15) is 16.8 Å². The standard InChI is InChI=1S/C14H19N3O6S2/c1-10-8-12(22-3)4-5-13(10)25(20,21)15-6-7-24(18,19)17-14-9-11(2)23-16-14/h4-5,8-9,15H,6-7H2,1-3H3,(H,16,17). The minimum atomic E-state index is -3.84. The zero-order valence-corrected chi connectivity index (χ0v) is 15.6. The number of aromatic nitrogens is 1. The van der Waals surface area contributed by atoms with Crippen molar-refractivity contribution in [2.75, 3.05) is 24.1 Å². The molecular weight excluding hydrogens is 370 g/mol. The third-order valence-electron chi connectivity index (χ3n) is 3.22. The van der Waals surface area contributed by atoms with Crippen LogP contribution in [0.3, 0.4) is 0 Å². The van der Waals surface area contributed by atoms with Crippen LogP contribution in [0, 0.1) is 13.8 Å². The molecule has 2 rings (SSSR count). The lowest BCUT2D eigenvalue weighted by atomic mass is 10.2. The number of sulfonamides is 2. The van der Waals surface area contributed by atoms with Crippen LogP contribution in [0.1, 0.15) is 11.3 Å². The Morgan fingerprint density at radius 3 is 2.44 bits per heavy atom. The maximum atomic E-state index is 12.3. The molecule has 1 aromatic heterocycles. The molecule has 2 N–H and O–H groups in total. The quantitative estimate of drug-likeness (QED) is 0.690. The Bertz CT molecular complexity index is 951. The summed E-state index contributed by atoms with van der Waals surface area (Å²) in [6.45, 7) is 2.96. The molecule has 0 unspecified atom stereocenters. The number of benzene rings is 1. The Balaban J connectivity index is 2.00. The fourth-order valence-electron chi connectivity index (χ4n) is 2.06. The molecule has 0 amide bonds. The first-order valence-corrected chi connectivity index (χ1v) is 10.3. The van der Waals surface area contributed by atoms with Crippen LogP contribution < -0.4 is 14.2 Å². The smallest absolute Gasteiger partial charge is 0.240 e. The molecule has 0 aliphatic heterocycles. The van der Waals surface area contributed by atoms with Crippen molar-refractivity contribution in [3.05, 3.63) is 35.6 Å². The average Bonchev–Trinajstić information content (AvgIpc) is 2.90. The average molecular weight is 389 g/mol. The molecule has 0 atom stereocenters. The predicted octanol–water partition coefficient (Wildman–Crippen LogP) is 1.02. The van der Waals surface area contributed by atoms with Crippen molar-refractivity contribution in [1.29, 1.82) is 0 Å². The fourth-order valence-corrected chi connectivity index (χ4v) is 4.34. The van der Waals surface area contributed by atoms with Crippen molar-refractivity contribution in [1.82, 2.24) is 9.88 Å². The molecule has 138 valence electrons. The van der Waals surface area contributed by atoms with Crippen molar-refractivity contribution in [3.8, 4) is 5.75 Å². The van der Waals surface area contributed by atoms with Gasteiger partial charge in [0.05, 0.1) is 17.8 Å². The number of anilines is 1. The summed E-state index contributed by atoms with van der Waals surface area (Å²) in [4.78, 5) is 0.0609. The number of methoxy groups -OCH3 is 1. The van der Waals surface area contributed by atoms with Gasteiger partial charge in [-0.15, -0.1) is 0 Å². The van der Waals surface area contributed by atoms with E-state index < -0.39 is 25.8 Å². The first-order chi connectivity index (χ1) is 11.6. The summed E-state index contributed by atoms with van der Waals surface area (Å²) < 4.78 is 62.8. The second kappa shape index (κ2) is 7.42. The van der Waals surface area contributed by atoms with E-state index >= 15 is 0 Å². The van der Waals surface area contributed by atoms with Gasteiger partial charge in [0.15, 0.2) is 5.82 Å². The van der Waals surface area contributed by atoms with Gasteiger partial charge >= 0.3 is 0 Å². The largest absolute Gasteiger partial charge is 0.497 e. The van der Waals surface area contributed by atoms with E-state index in [1.807, 2.05) is 0 Å². The van der Waals surface area contributed by atoms with Crippen molar-refractivity contribution in [2.45, 2.75) is 18.7 Å². The van der Waals surface area contributed by atoms with E-state index in [-0.39, 0.29) is 17.3 Å². The molecular formula is C14H19N3O6S2. The topological polar surface area (TPSA) is 128 Å². The summed E-state index contributed by atoms with van der Waals surface area (Å²) >= 11 is 0. The fraction of sp³-hybridized carbons (Fsp3) is 0.357. The van der Waals surface area contributed by atoms with E-state index in [1.165, 1.54) is 25.3 Å². The molecule has 0 radical (unpaired) electrons. The van der Waals surface area contributed by atoms with Crippen LogP contribution in [0.25, 0.3) is 0 Å². The lowest BCUT2D eigenvalue weighted by Crippen LogP contribution is -2.31. The Morgan fingerprint density at radius 2 is 1.88 bits per heavy atom. The maximum absolute atomic E-state index is 12.3. The molecule has 0 aliphatic carbocycles. The van der Waals surface area contributed by atoms with E-state index in [0.717, 1.165) is 0 Å². The molecule has 0 fully saturated rings. The molecule has 0 bridgehead atoms. The van der Waals surface area contributed by atoms with Crippen LogP contribution in [0.15, 0.2) is 33.7 Å². The first-order valence-electron chi connectivity index (χ1n) is 7.21. The molecule has 1 heterocycles. The highest BCUT2D eigenvalue weighted by atomic mass is 32.2. The van der Waals surface area contributed by atoms with Crippen LogP contribution >= 0.6 is 0 Å². The third kappa shape index (κ3) is 5.18. The summed E-state index contributed by atoms with van der Waals surface area (Å²) in [5, 5.41) is 3.52. The van der Waals surface area contributed by atoms with Crippen LogP contribution in [0.4, 0.5) is 5.82 Å². The first kappa shape index (κ1) is 19.2. The van der Waals surface area contributed by atoms with Gasteiger partial charge in [-0.25, -0.2) is 21.6 Å². The molecule has 0 saturated heterocycles. The number of nitrogens with one attached hydrogen (secondary N) is 2. The predicted molar refractivity (Wildman–Crippen MR) is 91.6 cm³/mol. The van der Waals surface area contributed by atoms with Crippen LogP contribution in [-0.4, -0.2) is 41.4 Å². The van der Waals surface area contributed by atoms with Crippen LogP contribution in [-0.2, 0) is 20.0 Å². The van der Waals surface area contributed by atoms with Gasteiger partial charge in [0.1, 0.15) is 11.5 Å². The molecule has 9 nitrogen and oxygen atoms in total. The van der Waals surface area contributed by atoms with Crippen molar-refractivity contribution in [3.63, 3.8) is 0 Å². The highest BCUT2D eigenvalue weighted by Crippen LogP contribution is 2.20. The number of hydrogen-bond donors (Lipinski definition) is 2. The Kier molecular flexibility index (Phi) is 5.70. The van der Waals surface area contributed by atoms with Gasteiger partial charge in [0.25, 0.3) is 0 Å². The molecule has 0 aliphatic rings. The zero-order chi connectivity index (χ0) is 18.7. The summed E-state index contributed by atoms with van der Waals surface area (Å²) in [5.41, 5.74) is 0.492. The lowest BCUT2D eigenvalue weighted by Gasteiger charge is -2.11. The molecule has 1 aromatic carbocycles. The zero-order valence-electron chi connectivity index (χ0n) is 13.9. The molecule has 2 aromatic rings. The van der Waals surface area contributed by atoms with Gasteiger partial charge in [0, 0.05) is 12.6 Å². The SMILES string of the molecule is COc1ccc(S(=O)(=O)NCCS(=O)(=O)Nc2cc(C)on2)c(C)c1. The van der Waals surface area contributed by atoms with Crippen LogP contribution in [0.5, 0.6) is 5.75 Å². The minimum Gasteiger partial charge on any atom is -0.497 e. The second-order valence-corrected chi connectivity index (χ2v) is 8.85. The van der Waals surface area contributed by atoms with Crippen LogP contribution in [0.2, 0.25) is 0 Å². The van der Waals surface area contributed by atoms with Crippen molar-refractivity contribution < 1.29 is 26.1 Å². The molecule has 11 heteroatoms. The number of aryl methyl sites for hydroxylation is 2. The molecule has 0 spiro atoms. The van der Waals surface area contributed by atoms with Crippen molar-refractivity contribution >= 4 is 25.9 Å². The lowest BCUT2D eigenvalue weighted by molar-refractivity contribution is 0.400. The van der Waals surface area contributed by atoms with Crippen molar-refractivity contribution in [2.24, 2.45) is 0 Å². The normalized spacial score (nSPS) is 12.1.